The minimum atomic E-state index is -2.53. The number of thiophene rings is 1. The van der Waals surface area contributed by atoms with Crippen LogP contribution in [-0.2, 0) is 13.5 Å². The number of hydrogen-bond donors (Lipinski definition) is 1. The van der Waals surface area contributed by atoms with E-state index in [1.54, 1.807) is 17.6 Å². The molecule has 0 unspecified atom stereocenters. The lowest BCUT2D eigenvalue weighted by atomic mass is 9.93. The fraction of sp³-hybridized carbons (Fsp3) is 0.429. The highest BCUT2D eigenvalue weighted by Crippen LogP contribution is 2.34. The van der Waals surface area contributed by atoms with Crippen molar-refractivity contribution in [2.45, 2.75) is 36.0 Å². The van der Waals surface area contributed by atoms with Crippen molar-refractivity contribution in [2.75, 3.05) is 0 Å². The highest BCUT2D eigenvalue weighted by Gasteiger charge is 2.26. The van der Waals surface area contributed by atoms with Gasteiger partial charge >= 0.3 is 0 Å². The number of thioether (sulfide) groups is 1. The number of aryl methyl sites for hydroxylation is 1. The zero-order valence-corrected chi connectivity index (χ0v) is 13.5. The van der Waals surface area contributed by atoms with Crippen LogP contribution < -0.4 is 5.32 Å². The number of carbonyl (C=O) groups excluding carboxylic acids is 1. The number of alkyl halides is 2. The van der Waals surface area contributed by atoms with Crippen LogP contribution in [0.5, 0.6) is 0 Å². The van der Waals surface area contributed by atoms with Gasteiger partial charge in [-0.25, -0.2) is 0 Å². The lowest BCUT2D eigenvalue weighted by molar-refractivity contribution is 0.0934. The van der Waals surface area contributed by atoms with E-state index in [4.69, 9.17) is 0 Å². The molecule has 0 fully saturated rings. The lowest BCUT2D eigenvalue weighted by Gasteiger charge is -2.23. The maximum atomic E-state index is 12.5. The van der Waals surface area contributed by atoms with Gasteiger partial charge in [0.1, 0.15) is 4.88 Å². The standard InChI is InChI=1S/C14H15F2N3OS2/c1-19-10-4-2-3-9(8(10)7-17-19)18-13(20)12-11(5-6-21-12)22-14(15)16/h5-7,9,14H,2-4H2,1H3,(H,18,20)/t9-/m1/s1. The van der Waals surface area contributed by atoms with Crippen molar-refractivity contribution in [1.29, 1.82) is 0 Å². The van der Waals surface area contributed by atoms with E-state index in [-0.39, 0.29) is 11.9 Å². The van der Waals surface area contributed by atoms with Crippen molar-refractivity contribution in [1.82, 2.24) is 15.1 Å². The van der Waals surface area contributed by atoms with Gasteiger partial charge in [0.15, 0.2) is 0 Å². The van der Waals surface area contributed by atoms with Crippen LogP contribution in [0.25, 0.3) is 0 Å². The third-order valence-electron chi connectivity index (χ3n) is 3.73. The number of carbonyl (C=O) groups is 1. The lowest BCUT2D eigenvalue weighted by Crippen LogP contribution is -2.30. The summed E-state index contributed by atoms with van der Waals surface area (Å²) in [5, 5.41) is 8.87. The van der Waals surface area contributed by atoms with E-state index in [1.807, 2.05) is 11.7 Å². The Kier molecular flexibility index (Phi) is 4.49. The molecule has 0 bridgehead atoms. The van der Waals surface area contributed by atoms with Crippen molar-refractivity contribution < 1.29 is 13.6 Å². The zero-order chi connectivity index (χ0) is 15.7. The Hall–Kier alpha value is -1.41. The quantitative estimate of drug-likeness (QED) is 0.863. The number of fused-ring (bicyclic) bond motifs is 1. The van der Waals surface area contributed by atoms with Gasteiger partial charge in [-0.05, 0) is 30.7 Å². The number of amides is 1. The van der Waals surface area contributed by atoms with Crippen molar-refractivity contribution in [3.05, 3.63) is 33.8 Å². The molecule has 8 heteroatoms. The van der Waals surface area contributed by atoms with Gasteiger partial charge in [-0.15, -0.1) is 11.3 Å². The number of halogens is 2. The van der Waals surface area contributed by atoms with Crippen LogP contribution in [0.15, 0.2) is 22.5 Å². The second kappa shape index (κ2) is 6.37. The minimum absolute atomic E-state index is 0.101. The Morgan fingerprint density at radius 1 is 1.59 bits per heavy atom. The molecule has 2 heterocycles. The molecule has 1 atom stereocenters. The topological polar surface area (TPSA) is 46.9 Å². The van der Waals surface area contributed by atoms with E-state index in [9.17, 15) is 13.6 Å². The van der Waals surface area contributed by atoms with Crippen LogP contribution in [0.2, 0.25) is 0 Å². The fourth-order valence-corrected chi connectivity index (χ4v) is 4.34. The molecule has 3 rings (SSSR count). The number of aromatic nitrogens is 2. The molecule has 1 N–H and O–H groups in total. The minimum Gasteiger partial charge on any atom is -0.344 e. The van der Waals surface area contributed by atoms with Gasteiger partial charge < -0.3 is 5.32 Å². The normalized spacial score (nSPS) is 17.5. The van der Waals surface area contributed by atoms with Crippen LogP contribution in [-0.4, -0.2) is 21.4 Å². The first-order chi connectivity index (χ1) is 10.6. The second-order valence-electron chi connectivity index (χ2n) is 5.08. The van der Waals surface area contributed by atoms with Gasteiger partial charge in [0.05, 0.1) is 12.2 Å². The van der Waals surface area contributed by atoms with E-state index in [0.717, 1.165) is 30.5 Å². The van der Waals surface area contributed by atoms with Gasteiger partial charge in [-0.1, -0.05) is 11.8 Å². The van der Waals surface area contributed by atoms with Gasteiger partial charge in [0, 0.05) is 23.2 Å². The van der Waals surface area contributed by atoms with Gasteiger partial charge in [0.25, 0.3) is 11.7 Å². The largest absolute Gasteiger partial charge is 0.344 e. The van der Waals surface area contributed by atoms with Gasteiger partial charge in [-0.3, -0.25) is 9.48 Å². The molecule has 22 heavy (non-hydrogen) atoms. The summed E-state index contributed by atoms with van der Waals surface area (Å²) < 4.78 is 26.9. The van der Waals surface area contributed by atoms with Crippen LogP contribution in [0.4, 0.5) is 8.78 Å². The summed E-state index contributed by atoms with van der Waals surface area (Å²) in [6, 6.07) is 1.46. The first-order valence-electron chi connectivity index (χ1n) is 6.90. The summed E-state index contributed by atoms with van der Waals surface area (Å²) in [7, 11) is 1.89. The first-order valence-corrected chi connectivity index (χ1v) is 8.66. The van der Waals surface area contributed by atoms with E-state index < -0.39 is 5.76 Å². The Labute approximate surface area is 134 Å². The van der Waals surface area contributed by atoms with Gasteiger partial charge in [-0.2, -0.15) is 13.9 Å². The summed E-state index contributed by atoms with van der Waals surface area (Å²) >= 11 is 1.60. The second-order valence-corrected chi connectivity index (χ2v) is 7.03. The molecule has 2 aromatic heterocycles. The third-order valence-corrected chi connectivity index (χ3v) is 5.55. The molecule has 0 aliphatic heterocycles. The number of hydrogen-bond acceptors (Lipinski definition) is 4. The maximum Gasteiger partial charge on any atom is 0.288 e. The molecule has 0 saturated heterocycles. The van der Waals surface area contributed by atoms with Crippen molar-refractivity contribution in [3.63, 3.8) is 0 Å². The van der Waals surface area contributed by atoms with Crippen molar-refractivity contribution >= 4 is 29.0 Å². The summed E-state index contributed by atoms with van der Waals surface area (Å²) in [4.78, 5) is 13.1. The van der Waals surface area contributed by atoms with Gasteiger partial charge in [0.2, 0.25) is 0 Å². The Morgan fingerprint density at radius 2 is 2.41 bits per heavy atom. The highest BCUT2D eigenvalue weighted by molar-refractivity contribution is 7.99. The highest BCUT2D eigenvalue weighted by atomic mass is 32.2. The van der Waals surface area contributed by atoms with E-state index >= 15 is 0 Å². The monoisotopic (exact) mass is 343 g/mol. The molecule has 118 valence electrons. The number of nitrogens with zero attached hydrogens (tertiary/aromatic N) is 2. The van der Waals surface area contributed by atoms with E-state index in [0.29, 0.717) is 21.5 Å². The summed E-state index contributed by atoms with van der Waals surface area (Å²) in [6.45, 7) is 0. The molecule has 0 radical (unpaired) electrons. The molecule has 4 nitrogen and oxygen atoms in total. The van der Waals surface area contributed by atoms with Crippen LogP contribution in [0.3, 0.4) is 0 Å². The van der Waals surface area contributed by atoms with Crippen LogP contribution >= 0.6 is 23.1 Å². The summed E-state index contributed by atoms with van der Waals surface area (Å²) in [6.07, 6.45) is 4.54. The third kappa shape index (κ3) is 3.03. The van der Waals surface area contributed by atoms with Crippen LogP contribution in [0.1, 0.15) is 39.8 Å². The predicted octanol–water partition coefficient (Wildman–Crippen LogP) is 3.60. The van der Waals surface area contributed by atoms with Crippen molar-refractivity contribution in [3.8, 4) is 0 Å². The average molecular weight is 343 g/mol. The van der Waals surface area contributed by atoms with E-state index in [1.165, 1.54) is 11.3 Å². The molecule has 2 aromatic rings. The molecular formula is C14H15F2N3OS2. The number of nitrogens with one attached hydrogen (secondary N) is 1. The molecule has 1 amide bonds. The molecule has 0 spiro atoms. The summed E-state index contributed by atoms with van der Waals surface area (Å²) in [5.41, 5.74) is 2.16. The van der Waals surface area contributed by atoms with Crippen LogP contribution in [0, 0.1) is 0 Å². The Bertz CT molecular complexity index is 683. The first kappa shape index (κ1) is 15.5. The smallest absolute Gasteiger partial charge is 0.288 e. The zero-order valence-electron chi connectivity index (χ0n) is 11.9. The molecular weight excluding hydrogens is 328 g/mol. The van der Waals surface area contributed by atoms with E-state index in [2.05, 4.69) is 10.4 Å². The molecule has 1 aliphatic rings. The maximum absolute atomic E-state index is 12.5. The number of rotatable bonds is 4. The predicted molar refractivity (Wildman–Crippen MR) is 82.5 cm³/mol. The fourth-order valence-electron chi connectivity index (χ4n) is 2.73. The summed E-state index contributed by atoms with van der Waals surface area (Å²) in [5.74, 6) is -2.82. The average Bonchev–Trinajstić information content (AvgIpc) is 3.06. The Balaban J connectivity index is 1.77. The molecule has 0 aromatic carbocycles. The Morgan fingerprint density at radius 3 is 3.18 bits per heavy atom. The SMILES string of the molecule is Cn1ncc2c1CCC[C@H]2NC(=O)c1sccc1SC(F)F. The van der Waals surface area contributed by atoms with Crippen molar-refractivity contribution in [2.24, 2.45) is 7.05 Å². The molecule has 1 aliphatic carbocycles. The molecule has 0 saturated carbocycles.